The van der Waals surface area contributed by atoms with Gasteiger partial charge in [-0.25, -0.2) is 9.67 Å². The topological polar surface area (TPSA) is 84.7 Å². The SMILES string of the molecule is CC(C)NC(=O)Cc1ccc(Nc2ncc3cnn(C4CCCCCC4)c3n2)cc1. The summed E-state index contributed by atoms with van der Waals surface area (Å²) < 4.78 is 2.09. The molecule has 1 amide bonds. The first-order valence-corrected chi connectivity index (χ1v) is 10.9. The second-order valence-corrected chi connectivity index (χ2v) is 8.43. The highest BCUT2D eigenvalue weighted by atomic mass is 16.1. The highest BCUT2D eigenvalue weighted by Crippen LogP contribution is 2.29. The molecule has 0 radical (unpaired) electrons. The molecule has 0 spiro atoms. The monoisotopic (exact) mass is 406 g/mol. The van der Waals surface area contributed by atoms with Crippen LogP contribution in [-0.4, -0.2) is 31.7 Å². The zero-order valence-corrected chi connectivity index (χ0v) is 17.8. The van der Waals surface area contributed by atoms with E-state index in [1.54, 1.807) is 0 Å². The Morgan fingerprint density at radius 3 is 2.53 bits per heavy atom. The number of fused-ring (bicyclic) bond motifs is 1. The third-order valence-corrected chi connectivity index (χ3v) is 5.53. The van der Waals surface area contributed by atoms with Crippen molar-refractivity contribution < 1.29 is 4.79 Å². The van der Waals surface area contributed by atoms with E-state index >= 15 is 0 Å². The minimum absolute atomic E-state index is 0.0336. The highest BCUT2D eigenvalue weighted by molar-refractivity contribution is 5.79. The lowest BCUT2D eigenvalue weighted by atomic mass is 10.1. The average molecular weight is 407 g/mol. The van der Waals surface area contributed by atoms with Crippen LogP contribution in [-0.2, 0) is 11.2 Å². The summed E-state index contributed by atoms with van der Waals surface area (Å²) >= 11 is 0. The summed E-state index contributed by atoms with van der Waals surface area (Å²) in [4.78, 5) is 21.1. The van der Waals surface area contributed by atoms with Crippen LogP contribution in [0, 0.1) is 0 Å². The summed E-state index contributed by atoms with van der Waals surface area (Å²) in [7, 11) is 0. The number of benzene rings is 1. The van der Waals surface area contributed by atoms with E-state index < -0.39 is 0 Å². The molecule has 4 rings (SSSR count). The molecule has 1 aliphatic carbocycles. The fourth-order valence-electron chi connectivity index (χ4n) is 4.06. The Bertz CT molecular complexity index is 987. The molecule has 1 fully saturated rings. The summed E-state index contributed by atoms with van der Waals surface area (Å²) in [6.45, 7) is 3.92. The second-order valence-electron chi connectivity index (χ2n) is 8.43. The lowest BCUT2D eigenvalue weighted by Crippen LogP contribution is -2.31. The molecule has 1 aromatic carbocycles. The van der Waals surface area contributed by atoms with E-state index in [9.17, 15) is 4.79 Å². The maximum atomic E-state index is 11.9. The molecular formula is C23H30N6O. The number of hydrogen-bond donors (Lipinski definition) is 2. The summed E-state index contributed by atoms with van der Waals surface area (Å²) in [6, 6.07) is 8.39. The van der Waals surface area contributed by atoms with Gasteiger partial charge in [0.2, 0.25) is 11.9 Å². The van der Waals surface area contributed by atoms with Crippen molar-refractivity contribution in [1.82, 2.24) is 25.1 Å². The Balaban J connectivity index is 1.47. The van der Waals surface area contributed by atoms with Gasteiger partial charge in [-0.2, -0.15) is 10.1 Å². The van der Waals surface area contributed by atoms with Gasteiger partial charge in [-0.05, 0) is 44.4 Å². The Kier molecular flexibility index (Phi) is 6.26. The second kappa shape index (κ2) is 9.24. The van der Waals surface area contributed by atoms with Crippen LogP contribution in [0.2, 0.25) is 0 Å². The largest absolute Gasteiger partial charge is 0.354 e. The highest BCUT2D eigenvalue weighted by Gasteiger charge is 2.18. The van der Waals surface area contributed by atoms with Crippen molar-refractivity contribution in [2.75, 3.05) is 5.32 Å². The smallest absolute Gasteiger partial charge is 0.229 e. The molecule has 1 saturated carbocycles. The van der Waals surface area contributed by atoms with Gasteiger partial charge in [-0.3, -0.25) is 4.79 Å². The van der Waals surface area contributed by atoms with Gasteiger partial charge in [0, 0.05) is 17.9 Å². The van der Waals surface area contributed by atoms with Crippen LogP contribution in [0.15, 0.2) is 36.7 Å². The molecule has 0 unspecified atom stereocenters. The van der Waals surface area contributed by atoms with Crippen LogP contribution < -0.4 is 10.6 Å². The van der Waals surface area contributed by atoms with Crippen LogP contribution in [0.1, 0.15) is 64.0 Å². The van der Waals surface area contributed by atoms with E-state index in [2.05, 4.69) is 25.4 Å². The van der Waals surface area contributed by atoms with Crippen molar-refractivity contribution in [2.24, 2.45) is 0 Å². The molecule has 0 saturated heterocycles. The van der Waals surface area contributed by atoms with E-state index in [4.69, 9.17) is 4.98 Å². The van der Waals surface area contributed by atoms with Crippen molar-refractivity contribution in [1.29, 1.82) is 0 Å². The summed E-state index contributed by atoms with van der Waals surface area (Å²) in [5, 5.41) is 11.8. The minimum atomic E-state index is 0.0336. The fourth-order valence-corrected chi connectivity index (χ4v) is 4.06. The Morgan fingerprint density at radius 2 is 1.83 bits per heavy atom. The average Bonchev–Trinajstić information content (AvgIpc) is 2.94. The predicted octanol–water partition coefficient (Wildman–Crippen LogP) is 4.53. The van der Waals surface area contributed by atoms with Gasteiger partial charge in [-0.1, -0.05) is 37.8 Å². The van der Waals surface area contributed by atoms with Crippen molar-refractivity contribution in [3.63, 3.8) is 0 Å². The van der Waals surface area contributed by atoms with Crippen molar-refractivity contribution in [2.45, 2.75) is 70.9 Å². The molecule has 158 valence electrons. The summed E-state index contributed by atoms with van der Waals surface area (Å²) in [5.41, 5.74) is 2.76. The van der Waals surface area contributed by atoms with Gasteiger partial charge in [-0.15, -0.1) is 0 Å². The maximum Gasteiger partial charge on any atom is 0.229 e. The van der Waals surface area contributed by atoms with E-state index in [1.807, 2.05) is 50.5 Å². The van der Waals surface area contributed by atoms with E-state index in [1.165, 1.54) is 25.7 Å². The maximum absolute atomic E-state index is 11.9. The lowest BCUT2D eigenvalue weighted by Gasteiger charge is -2.15. The van der Waals surface area contributed by atoms with Gasteiger partial charge in [0.15, 0.2) is 5.65 Å². The van der Waals surface area contributed by atoms with E-state index in [-0.39, 0.29) is 11.9 Å². The zero-order valence-electron chi connectivity index (χ0n) is 17.8. The molecule has 1 aliphatic rings. The standard InChI is InChI=1S/C23H30N6O/c1-16(2)26-21(30)13-17-9-11-19(12-10-17)27-23-24-14-18-15-25-29(22(18)28-23)20-7-5-3-4-6-8-20/h9-12,14-16,20H,3-8,13H2,1-2H3,(H,26,30)(H,24,27,28). The zero-order chi connectivity index (χ0) is 20.9. The van der Waals surface area contributed by atoms with Crippen LogP contribution in [0.3, 0.4) is 0 Å². The number of aromatic nitrogens is 4. The number of nitrogens with one attached hydrogen (secondary N) is 2. The fraction of sp³-hybridized carbons (Fsp3) is 0.478. The quantitative estimate of drug-likeness (QED) is 0.588. The Labute approximate surface area is 177 Å². The summed E-state index contributed by atoms with van der Waals surface area (Å²) in [6.07, 6.45) is 11.5. The van der Waals surface area contributed by atoms with Crippen LogP contribution in [0.4, 0.5) is 11.6 Å². The Hall–Kier alpha value is -2.96. The van der Waals surface area contributed by atoms with Gasteiger partial charge in [0.25, 0.3) is 0 Å². The Morgan fingerprint density at radius 1 is 1.10 bits per heavy atom. The number of nitrogens with zero attached hydrogens (tertiary/aromatic N) is 4. The third kappa shape index (κ3) is 4.96. The first-order valence-electron chi connectivity index (χ1n) is 10.9. The van der Waals surface area contributed by atoms with E-state index in [0.717, 1.165) is 35.1 Å². The number of anilines is 2. The summed E-state index contributed by atoms with van der Waals surface area (Å²) in [5.74, 6) is 0.592. The molecule has 0 bridgehead atoms. The molecule has 2 N–H and O–H groups in total. The molecule has 2 aromatic heterocycles. The van der Waals surface area contributed by atoms with Crippen molar-refractivity contribution in [3.05, 3.63) is 42.2 Å². The number of amides is 1. The van der Waals surface area contributed by atoms with E-state index in [0.29, 0.717) is 18.4 Å². The molecular weight excluding hydrogens is 376 g/mol. The van der Waals surface area contributed by atoms with Gasteiger partial charge >= 0.3 is 0 Å². The van der Waals surface area contributed by atoms with Crippen LogP contribution in [0.25, 0.3) is 11.0 Å². The third-order valence-electron chi connectivity index (χ3n) is 5.53. The van der Waals surface area contributed by atoms with Crippen molar-refractivity contribution in [3.8, 4) is 0 Å². The number of rotatable bonds is 6. The number of carbonyl (C=O) groups excluding carboxylic acids is 1. The minimum Gasteiger partial charge on any atom is -0.354 e. The van der Waals surface area contributed by atoms with Crippen LogP contribution in [0.5, 0.6) is 0 Å². The molecule has 30 heavy (non-hydrogen) atoms. The molecule has 0 atom stereocenters. The first-order chi connectivity index (χ1) is 14.6. The van der Waals surface area contributed by atoms with Crippen LogP contribution >= 0.6 is 0 Å². The first kappa shape index (κ1) is 20.3. The molecule has 3 aromatic rings. The molecule has 7 heteroatoms. The number of carbonyl (C=O) groups is 1. The predicted molar refractivity (Wildman–Crippen MR) is 119 cm³/mol. The number of hydrogen-bond acceptors (Lipinski definition) is 5. The molecule has 2 heterocycles. The molecule has 7 nitrogen and oxygen atoms in total. The van der Waals surface area contributed by atoms with Gasteiger partial charge in [0.05, 0.1) is 24.0 Å². The normalized spacial score (nSPS) is 15.3. The molecule has 0 aliphatic heterocycles. The van der Waals surface area contributed by atoms with Gasteiger partial charge in [0.1, 0.15) is 0 Å². The van der Waals surface area contributed by atoms with Crippen molar-refractivity contribution >= 4 is 28.6 Å². The van der Waals surface area contributed by atoms with Gasteiger partial charge < -0.3 is 10.6 Å². The lowest BCUT2D eigenvalue weighted by molar-refractivity contribution is -0.120.